The molecule has 0 aromatic heterocycles. The SMILES string of the molecule is C.CC(C)(C)OC(=O)N1CCSC1C(=O)N[C@@H](CSCC1CCCCC1)C(=O)NCc1ccc(O)cc1. The average molecular weight is 554 g/mol. The van der Waals surface area contributed by atoms with Gasteiger partial charge in [-0.3, -0.25) is 14.5 Å². The lowest BCUT2D eigenvalue weighted by Gasteiger charge is -2.28. The summed E-state index contributed by atoms with van der Waals surface area (Å²) in [5, 5.41) is 14.6. The van der Waals surface area contributed by atoms with E-state index in [1.54, 1.807) is 56.8 Å². The van der Waals surface area contributed by atoms with Crippen LogP contribution in [0.4, 0.5) is 4.79 Å². The zero-order valence-electron chi connectivity index (χ0n) is 21.5. The van der Waals surface area contributed by atoms with Crippen molar-refractivity contribution in [3.63, 3.8) is 0 Å². The van der Waals surface area contributed by atoms with Crippen LogP contribution < -0.4 is 10.6 Å². The largest absolute Gasteiger partial charge is 0.508 e. The molecule has 2 fully saturated rings. The number of nitrogens with one attached hydrogen (secondary N) is 2. The predicted octanol–water partition coefficient (Wildman–Crippen LogP) is 4.75. The maximum atomic E-state index is 13.2. The monoisotopic (exact) mass is 553 g/mol. The molecule has 0 bridgehead atoms. The molecular formula is C27H43N3O5S2. The summed E-state index contributed by atoms with van der Waals surface area (Å²) in [6.07, 6.45) is 5.75. The molecule has 1 unspecified atom stereocenters. The molecule has 10 heteroatoms. The minimum absolute atomic E-state index is 0. The molecule has 3 amide bonds. The number of amides is 3. The highest BCUT2D eigenvalue weighted by molar-refractivity contribution is 8.00. The molecule has 0 spiro atoms. The van der Waals surface area contributed by atoms with Gasteiger partial charge in [-0.1, -0.05) is 38.8 Å². The summed E-state index contributed by atoms with van der Waals surface area (Å²) in [4.78, 5) is 40.4. The zero-order chi connectivity index (χ0) is 26.1. The molecule has 0 radical (unpaired) electrons. The van der Waals surface area contributed by atoms with Crippen LogP contribution in [0.25, 0.3) is 0 Å². The number of rotatable bonds is 9. The van der Waals surface area contributed by atoms with Crippen LogP contribution in [-0.4, -0.2) is 68.7 Å². The van der Waals surface area contributed by atoms with Crippen molar-refractivity contribution in [3.8, 4) is 5.75 Å². The van der Waals surface area contributed by atoms with Gasteiger partial charge in [0, 0.05) is 24.6 Å². The van der Waals surface area contributed by atoms with Crippen molar-refractivity contribution in [1.29, 1.82) is 0 Å². The molecule has 3 rings (SSSR count). The number of carbonyl (C=O) groups excluding carboxylic acids is 3. The molecule has 1 aromatic rings. The molecule has 2 aliphatic rings. The quantitative estimate of drug-likeness (QED) is 0.405. The van der Waals surface area contributed by atoms with Crippen LogP contribution in [0.1, 0.15) is 65.9 Å². The van der Waals surface area contributed by atoms with Crippen molar-refractivity contribution >= 4 is 41.4 Å². The van der Waals surface area contributed by atoms with Gasteiger partial charge in [0.05, 0.1) is 0 Å². The normalized spacial score (nSPS) is 19.0. The summed E-state index contributed by atoms with van der Waals surface area (Å²) >= 11 is 3.07. The summed E-state index contributed by atoms with van der Waals surface area (Å²) in [7, 11) is 0. The third kappa shape index (κ3) is 10.3. The first kappa shape index (κ1) is 31.1. The molecule has 3 N–H and O–H groups in total. The Balaban J connectivity index is 0.00000481. The third-order valence-electron chi connectivity index (χ3n) is 6.14. The van der Waals surface area contributed by atoms with Gasteiger partial charge in [-0.2, -0.15) is 11.8 Å². The number of benzene rings is 1. The average Bonchev–Trinajstić information content (AvgIpc) is 3.33. The zero-order valence-corrected chi connectivity index (χ0v) is 23.1. The summed E-state index contributed by atoms with van der Waals surface area (Å²) in [6, 6.07) is 5.92. The van der Waals surface area contributed by atoms with E-state index in [9.17, 15) is 19.5 Å². The van der Waals surface area contributed by atoms with Gasteiger partial charge in [0.1, 0.15) is 17.4 Å². The van der Waals surface area contributed by atoms with Gasteiger partial charge < -0.3 is 20.5 Å². The maximum Gasteiger partial charge on any atom is 0.411 e. The Bertz CT molecular complexity index is 885. The van der Waals surface area contributed by atoms with E-state index in [-0.39, 0.29) is 25.0 Å². The molecule has 8 nitrogen and oxygen atoms in total. The van der Waals surface area contributed by atoms with Gasteiger partial charge in [-0.25, -0.2) is 4.79 Å². The van der Waals surface area contributed by atoms with E-state index in [4.69, 9.17) is 4.74 Å². The Morgan fingerprint density at radius 3 is 2.49 bits per heavy atom. The van der Waals surface area contributed by atoms with Gasteiger partial charge in [-0.15, -0.1) is 11.8 Å². The van der Waals surface area contributed by atoms with Crippen molar-refractivity contribution in [1.82, 2.24) is 15.5 Å². The summed E-state index contributed by atoms with van der Waals surface area (Å²) in [5.41, 5.74) is 0.196. The van der Waals surface area contributed by atoms with E-state index in [0.717, 1.165) is 11.3 Å². The van der Waals surface area contributed by atoms with E-state index in [1.807, 2.05) is 0 Å². The Morgan fingerprint density at radius 1 is 1.16 bits per heavy atom. The summed E-state index contributed by atoms with van der Waals surface area (Å²) in [5.74, 6) is 2.27. The second-order valence-corrected chi connectivity index (χ2v) is 12.6. The first-order valence-electron chi connectivity index (χ1n) is 12.7. The van der Waals surface area contributed by atoms with E-state index in [2.05, 4.69) is 10.6 Å². The van der Waals surface area contributed by atoms with Crippen molar-refractivity contribution in [2.24, 2.45) is 5.92 Å². The third-order valence-corrected chi connectivity index (χ3v) is 8.62. The Morgan fingerprint density at radius 2 is 1.84 bits per heavy atom. The number of carbonyl (C=O) groups is 3. The van der Waals surface area contributed by atoms with Crippen LogP contribution >= 0.6 is 23.5 Å². The van der Waals surface area contributed by atoms with Gasteiger partial charge in [-0.05, 0) is 63.0 Å². The highest BCUT2D eigenvalue weighted by Gasteiger charge is 2.38. The Labute approximate surface area is 230 Å². The number of hydrogen-bond acceptors (Lipinski definition) is 7. The van der Waals surface area contributed by atoms with Crippen LogP contribution in [0.3, 0.4) is 0 Å². The lowest BCUT2D eigenvalue weighted by Crippen LogP contribution is -2.53. The fourth-order valence-corrected chi connectivity index (χ4v) is 6.64. The predicted molar refractivity (Wildman–Crippen MR) is 152 cm³/mol. The van der Waals surface area contributed by atoms with Crippen molar-refractivity contribution < 1.29 is 24.2 Å². The maximum absolute atomic E-state index is 13.2. The Hall–Kier alpha value is -2.07. The van der Waals surface area contributed by atoms with Gasteiger partial charge in [0.15, 0.2) is 5.37 Å². The van der Waals surface area contributed by atoms with E-state index in [1.165, 1.54) is 48.8 Å². The van der Waals surface area contributed by atoms with Crippen molar-refractivity contribution in [3.05, 3.63) is 29.8 Å². The van der Waals surface area contributed by atoms with Crippen LogP contribution in [-0.2, 0) is 20.9 Å². The van der Waals surface area contributed by atoms with E-state index >= 15 is 0 Å². The van der Waals surface area contributed by atoms with E-state index in [0.29, 0.717) is 30.5 Å². The number of ether oxygens (including phenoxy) is 1. The molecule has 1 heterocycles. The smallest absolute Gasteiger partial charge is 0.411 e. The highest BCUT2D eigenvalue weighted by atomic mass is 32.2. The first-order valence-corrected chi connectivity index (χ1v) is 14.9. The molecule has 1 aliphatic carbocycles. The lowest BCUT2D eigenvalue weighted by molar-refractivity contribution is -0.129. The fourth-order valence-electron chi connectivity index (χ4n) is 4.25. The second kappa shape index (κ2) is 14.8. The molecular weight excluding hydrogens is 510 g/mol. The standard InChI is InChI=1S/C26H39N3O5S2.CH4/c1-26(2,3)34-25(33)29-13-14-36-24(29)23(32)28-21(17-35-16-19-7-5-4-6-8-19)22(31)27-15-18-9-11-20(30)12-10-18;/h9-12,19,21,24,30H,4-8,13-17H2,1-3H3,(H,27,31)(H,28,32);1H4/t21-,24?;/m0./s1. The van der Waals surface area contributed by atoms with Crippen LogP contribution in [0.2, 0.25) is 0 Å². The fraction of sp³-hybridized carbons (Fsp3) is 0.667. The molecule has 37 heavy (non-hydrogen) atoms. The number of aromatic hydroxyl groups is 1. The van der Waals surface area contributed by atoms with Gasteiger partial charge in [0.2, 0.25) is 5.91 Å². The van der Waals surface area contributed by atoms with Crippen LogP contribution in [0.15, 0.2) is 24.3 Å². The molecule has 1 saturated heterocycles. The molecule has 1 saturated carbocycles. The molecule has 1 aromatic carbocycles. The number of phenolic OH excluding ortho intramolecular Hbond substituents is 1. The molecule has 1 aliphatic heterocycles. The number of thioether (sulfide) groups is 2. The summed E-state index contributed by atoms with van der Waals surface area (Å²) in [6.45, 7) is 6.09. The van der Waals surface area contributed by atoms with E-state index < -0.39 is 23.1 Å². The number of nitrogens with zero attached hydrogens (tertiary/aromatic N) is 1. The Kier molecular flexibility index (Phi) is 12.4. The number of hydrogen-bond donors (Lipinski definition) is 3. The summed E-state index contributed by atoms with van der Waals surface area (Å²) < 4.78 is 5.47. The van der Waals surface area contributed by atoms with Gasteiger partial charge in [0.25, 0.3) is 5.91 Å². The minimum Gasteiger partial charge on any atom is -0.508 e. The van der Waals surface area contributed by atoms with Crippen molar-refractivity contribution in [2.75, 3.05) is 23.8 Å². The number of phenols is 1. The van der Waals surface area contributed by atoms with Crippen LogP contribution in [0, 0.1) is 5.92 Å². The lowest BCUT2D eigenvalue weighted by atomic mass is 9.91. The molecule has 208 valence electrons. The topological polar surface area (TPSA) is 108 Å². The second-order valence-electron chi connectivity index (χ2n) is 10.4. The highest BCUT2D eigenvalue weighted by Crippen LogP contribution is 2.28. The molecule has 2 atom stereocenters. The van der Waals surface area contributed by atoms with Gasteiger partial charge >= 0.3 is 6.09 Å². The minimum atomic E-state index is -0.726. The van der Waals surface area contributed by atoms with Crippen LogP contribution in [0.5, 0.6) is 5.75 Å². The first-order chi connectivity index (χ1) is 17.1. The van der Waals surface area contributed by atoms with Crippen molar-refractivity contribution in [2.45, 2.75) is 83.9 Å².